The molecule has 32 heavy (non-hydrogen) atoms. The van der Waals surface area contributed by atoms with Gasteiger partial charge in [0.1, 0.15) is 5.60 Å². The van der Waals surface area contributed by atoms with Gasteiger partial charge in [0.2, 0.25) is 0 Å². The Morgan fingerprint density at radius 2 is 2.12 bits per heavy atom. The zero-order valence-electron chi connectivity index (χ0n) is 18.7. The van der Waals surface area contributed by atoms with E-state index >= 15 is 0 Å². The number of fused-ring (bicyclic) bond motifs is 2. The van der Waals surface area contributed by atoms with E-state index in [4.69, 9.17) is 9.84 Å². The molecule has 0 unspecified atom stereocenters. The lowest BCUT2D eigenvalue weighted by molar-refractivity contribution is -0.0960. The molecule has 0 aliphatic carbocycles. The van der Waals surface area contributed by atoms with Crippen molar-refractivity contribution in [1.29, 1.82) is 0 Å². The van der Waals surface area contributed by atoms with Gasteiger partial charge >= 0.3 is 0 Å². The van der Waals surface area contributed by atoms with Gasteiger partial charge in [0, 0.05) is 54.6 Å². The van der Waals surface area contributed by atoms with Crippen LogP contribution < -0.4 is 5.32 Å². The standard InChI is InChI=1S/C24H30FN5OS/c1-3-26-14-19-5-4-9-27-23(19)30-16-20(17(2)28-30)15-29-10-7-24(8-11-29)22-18(6-12-31-24)13-21(25)32-22/h4-5,9,13,16,26H,3,6-8,10-12,14-15H2,1-2H3. The second kappa shape index (κ2) is 9.02. The van der Waals surface area contributed by atoms with Gasteiger partial charge in [-0.3, -0.25) is 4.90 Å². The molecule has 1 N–H and O–H groups in total. The Bertz CT molecular complexity index is 1090. The first-order chi connectivity index (χ1) is 15.6. The average Bonchev–Trinajstić information content (AvgIpc) is 3.37. The van der Waals surface area contributed by atoms with E-state index in [-0.39, 0.29) is 10.7 Å². The van der Waals surface area contributed by atoms with Crippen LogP contribution in [0.5, 0.6) is 0 Å². The number of hydrogen-bond acceptors (Lipinski definition) is 6. The molecule has 6 nitrogen and oxygen atoms in total. The number of rotatable bonds is 6. The first-order valence-electron chi connectivity index (χ1n) is 11.4. The third kappa shape index (κ3) is 4.12. The average molecular weight is 456 g/mol. The SMILES string of the molecule is CCNCc1cccnc1-n1cc(CN2CCC3(CC2)OCCc2cc(F)sc23)c(C)n1. The van der Waals surface area contributed by atoms with Gasteiger partial charge in [-0.2, -0.15) is 9.49 Å². The number of aromatic nitrogens is 3. The molecule has 5 heterocycles. The van der Waals surface area contributed by atoms with E-state index < -0.39 is 0 Å². The largest absolute Gasteiger partial charge is 0.369 e. The van der Waals surface area contributed by atoms with E-state index in [1.54, 1.807) is 6.07 Å². The van der Waals surface area contributed by atoms with Crippen LogP contribution in [0.1, 0.15) is 47.0 Å². The van der Waals surface area contributed by atoms with E-state index in [0.29, 0.717) is 6.61 Å². The molecule has 3 aromatic rings. The number of nitrogens with one attached hydrogen (secondary N) is 1. The summed E-state index contributed by atoms with van der Waals surface area (Å²) in [7, 11) is 0. The van der Waals surface area contributed by atoms with Crippen LogP contribution in [0.2, 0.25) is 0 Å². The van der Waals surface area contributed by atoms with Crippen molar-refractivity contribution in [2.24, 2.45) is 0 Å². The van der Waals surface area contributed by atoms with Crippen LogP contribution in [0.4, 0.5) is 4.39 Å². The summed E-state index contributed by atoms with van der Waals surface area (Å²) in [6.45, 7) is 9.25. The van der Waals surface area contributed by atoms with Crippen molar-refractivity contribution in [2.45, 2.75) is 51.8 Å². The maximum absolute atomic E-state index is 13.9. The number of thiophene rings is 1. The van der Waals surface area contributed by atoms with Gasteiger partial charge in [0.05, 0.1) is 12.3 Å². The van der Waals surface area contributed by atoms with Crippen LogP contribution in [-0.2, 0) is 29.8 Å². The summed E-state index contributed by atoms with van der Waals surface area (Å²) in [5.41, 5.74) is 4.23. The molecule has 0 radical (unpaired) electrons. The van der Waals surface area contributed by atoms with E-state index in [1.165, 1.54) is 16.9 Å². The number of pyridine rings is 1. The predicted molar refractivity (Wildman–Crippen MR) is 124 cm³/mol. The highest BCUT2D eigenvalue weighted by Gasteiger charge is 2.42. The Labute approximate surface area is 192 Å². The maximum Gasteiger partial charge on any atom is 0.177 e. The zero-order valence-corrected chi connectivity index (χ0v) is 19.6. The van der Waals surface area contributed by atoms with Crippen LogP contribution >= 0.6 is 11.3 Å². The molecule has 3 aromatic heterocycles. The summed E-state index contributed by atoms with van der Waals surface area (Å²) in [5.74, 6) is 0.878. The molecule has 170 valence electrons. The van der Waals surface area contributed by atoms with Crippen molar-refractivity contribution in [3.8, 4) is 5.82 Å². The Balaban J connectivity index is 1.29. The van der Waals surface area contributed by atoms with E-state index in [9.17, 15) is 4.39 Å². The summed E-state index contributed by atoms with van der Waals surface area (Å²) < 4.78 is 22.1. The fourth-order valence-corrected chi connectivity index (χ4v) is 6.00. The molecule has 8 heteroatoms. The summed E-state index contributed by atoms with van der Waals surface area (Å²) in [6.07, 6.45) is 6.56. The summed E-state index contributed by atoms with van der Waals surface area (Å²) in [4.78, 5) is 8.16. The first kappa shape index (κ1) is 21.7. The van der Waals surface area contributed by atoms with Crippen molar-refractivity contribution >= 4 is 11.3 Å². The number of ether oxygens (including phenoxy) is 1. The number of likely N-dealkylation sites (tertiary alicyclic amines) is 1. The van der Waals surface area contributed by atoms with Gasteiger partial charge < -0.3 is 10.1 Å². The Morgan fingerprint density at radius 3 is 2.94 bits per heavy atom. The van der Waals surface area contributed by atoms with Gasteiger partial charge in [-0.1, -0.05) is 13.0 Å². The molecule has 5 rings (SSSR count). The lowest BCUT2D eigenvalue weighted by Crippen LogP contribution is -2.45. The minimum atomic E-state index is -0.298. The molecule has 1 spiro atoms. The van der Waals surface area contributed by atoms with Gasteiger partial charge in [0.25, 0.3) is 0 Å². The second-order valence-corrected chi connectivity index (χ2v) is 9.73. The Kier molecular flexibility index (Phi) is 6.11. The van der Waals surface area contributed by atoms with Crippen LogP contribution in [0.15, 0.2) is 30.6 Å². The van der Waals surface area contributed by atoms with E-state index in [0.717, 1.165) is 79.5 Å². The highest BCUT2D eigenvalue weighted by Crippen LogP contribution is 2.45. The minimum absolute atomic E-state index is 0.0895. The molecule has 0 amide bonds. The van der Waals surface area contributed by atoms with Crippen molar-refractivity contribution in [3.05, 3.63) is 63.0 Å². The third-order valence-corrected chi connectivity index (χ3v) is 7.80. The molecule has 0 saturated carbocycles. The first-order valence-corrected chi connectivity index (χ1v) is 12.2. The lowest BCUT2D eigenvalue weighted by Gasteiger charge is -2.43. The van der Waals surface area contributed by atoms with Crippen LogP contribution in [0, 0.1) is 12.1 Å². The fourth-order valence-electron chi connectivity index (χ4n) is 4.87. The van der Waals surface area contributed by atoms with Crippen LogP contribution in [0.25, 0.3) is 5.82 Å². The topological polar surface area (TPSA) is 55.2 Å². The number of halogens is 1. The minimum Gasteiger partial charge on any atom is -0.369 e. The molecule has 0 bridgehead atoms. The Morgan fingerprint density at radius 1 is 1.28 bits per heavy atom. The maximum atomic E-state index is 13.9. The summed E-state index contributed by atoms with van der Waals surface area (Å²) in [5, 5.41) is 8.05. The van der Waals surface area contributed by atoms with E-state index in [1.807, 2.05) is 16.9 Å². The third-order valence-electron chi connectivity index (χ3n) is 6.65. The summed E-state index contributed by atoms with van der Waals surface area (Å²) in [6, 6.07) is 5.77. The number of hydrogen-bond donors (Lipinski definition) is 1. The Hall–Kier alpha value is -2.13. The quantitative estimate of drug-likeness (QED) is 0.610. The van der Waals surface area contributed by atoms with Gasteiger partial charge in [0.15, 0.2) is 10.9 Å². The second-order valence-electron chi connectivity index (χ2n) is 8.72. The lowest BCUT2D eigenvalue weighted by atomic mass is 9.85. The van der Waals surface area contributed by atoms with E-state index in [2.05, 4.69) is 41.3 Å². The highest BCUT2D eigenvalue weighted by atomic mass is 32.1. The van der Waals surface area contributed by atoms with Crippen molar-refractivity contribution in [1.82, 2.24) is 25.0 Å². The molecule has 2 aliphatic rings. The highest BCUT2D eigenvalue weighted by molar-refractivity contribution is 7.10. The molecule has 1 fully saturated rings. The number of nitrogens with zero attached hydrogens (tertiary/aromatic N) is 4. The normalized spacial score (nSPS) is 18.2. The van der Waals surface area contributed by atoms with Gasteiger partial charge in [-0.15, -0.1) is 11.3 Å². The van der Waals surface area contributed by atoms with Gasteiger partial charge in [-0.25, -0.2) is 9.67 Å². The van der Waals surface area contributed by atoms with Gasteiger partial charge in [-0.05, 0) is 50.4 Å². The molecule has 0 atom stereocenters. The van der Waals surface area contributed by atoms with Crippen LogP contribution in [-0.4, -0.2) is 45.9 Å². The van der Waals surface area contributed by atoms with Crippen molar-refractivity contribution in [2.75, 3.05) is 26.2 Å². The molecular formula is C24H30FN5OS. The van der Waals surface area contributed by atoms with Crippen molar-refractivity contribution < 1.29 is 9.13 Å². The molecule has 2 aliphatic heterocycles. The monoisotopic (exact) mass is 455 g/mol. The molecular weight excluding hydrogens is 425 g/mol. The van der Waals surface area contributed by atoms with Crippen molar-refractivity contribution in [3.63, 3.8) is 0 Å². The smallest absolute Gasteiger partial charge is 0.177 e. The molecule has 0 aromatic carbocycles. The number of aryl methyl sites for hydroxylation is 1. The zero-order chi connectivity index (χ0) is 22.1. The predicted octanol–water partition coefficient (Wildman–Crippen LogP) is 3.95. The van der Waals surface area contributed by atoms with Crippen LogP contribution in [0.3, 0.4) is 0 Å². The summed E-state index contributed by atoms with van der Waals surface area (Å²) >= 11 is 1.28. The molecule has 1 saturated heterocycles. The fraction of sp³-hybridized carbons (Fsp3) is 0.500. The number of piperidine rings is 1.